The second-order valence-corrected chi connectivity index (χ2v) is 2.38. The Hall–Kier alpha value is -0.990. The zero-order valence-electron chi connectivity index (χ0n) is 6.45. The largest absolute Gasteiger partial charge is 0.445 e. The van der Waals surface area contributed by atoms with Gasteiger partial charge >= 0.3 is 6.09 Å². The number of hydrogen-bond donors (Lipinski definition) is 0. The molecule has 0 aromatic carbocycles. The van der Waals surface area contributed by atoms with E-state index in [1.807, 2.05) is 6.54 Å². The highest BCUT2D eigenvalue weighted by molar-refractivity contribution is 5.68. The minimum atomic E-state index is -0.262. The van der Waals surface area contributed by atoms with E-state index in [0.717, 1.165) is 19.4 Å². The predicted octanol–water partition coefficient (Wildman–Crippen LogP) is 1.57. The SMILES string of the molecule is C=CCOC(=O)N1[CH]CCC1. The summed E-state index contributed by atoms with van der Waals surface area (Å²) in [6, 6.07) is 0. The van der Waals surface area contributed by atoms with Gasteiger partial charge in [-0.15, -0.1) is 0 Å². The van der Waals surface area contributed by atoms with Crippen LogP contribution in [0.25, 0.3) is 0 Å². The minimum absolute atomic E-state index is 0.262. The molecule has 1 rings (SSSR count). The third-order valence-electron chi connectivity index (χ3n) is 1.51. The second kappa shape index (κ2) is 4.01. The number of likely N-dealkylation sites (tertiary alicyclic amines) is 1. The van der Waals surface area contributed by atoms with Crippen molar-refractivity contribution < 1.29 is 9.53 Å². The maximum Gasteiger partial charge on any atom is 0.410 e. The number of hydrogen-bond acceptors (Lipinski definition) is 2. The molecule has 0 aromatic heterocycles. The first-order valence-corrected chi connectivity index (χ1v) is 3.72. The van der Waals surface area contributed by atoms with Gasteiger partial charge in [0.25, 0.3) is 0 Å². The Morgan fingerprint density at radius 2 is 2.64 bits per heavy atom. The van der Waals surface area contributed by atoms with E-state index in [1.165, 1.54) is 0 Å². The molecule has 0 N–H and O–H groups in total. The molecule has 0 spiro atoms. The molecular formula is C8H12NO2. The Balaban J connectivity index is 2.22. The molecule has 1 aliphatic rings. The molecule has 1 fully saturated rings. The minimum Gasteiger partial charge on any atom is -0.445 e. The van der Waals surface area contributed by atoms with E-state index in [4.69, 9.17) is 4.74 Å². The van der Waals surface area contributed by atoms with Crippen molar-refractivity contribution in [3.63, 3.8) is 0 Å². The van der Waals surface area contributed by atoms with Crippen LogP contribution in [0.3, 0.4) is 0 Å². The smallest absolute Gasteiger partial charge is 0.410 e. The van der Waals surface area contributed by atoms with Gasteiger partial charge in [0.1, 0.15) is 6.61 Å². The molecule has 11 heavy (non-hydrogen) atoms. The first-order chi connectivity index (χ1) is 5.34. The molecule has 0 saturated carbocycles. The van der Waals surface area contributed by atoms with Crippen LogP contribution in [-0.4, -0.2) is 24.1 Å². The third-order valence-corrected chi connectivity index (χ3v) is 1.51. The average Bonchev–Trinajstić information content (AvgIpc) is 2.52. The van der Waals surface area contributed by atoms with E-state index in [1.54, 1.807) is 11.0 Å². The Labute approximate surface area is 66.6 Å². The van der Waals surface area contributed by atoms with Crippen LogP contribution in [0.2, 0.25) is 0 Å². The van der Waals surface area contributed by atoms with E-state index >= 15 is 0 Å². The zero-order chi connectivity index (χ0) is 8.10. The fourth-order valence-electron chi connectivity index (χ4n) is 0.979. The molecule has 0 bridgehead atoms. The molecule has 1 saturated heterocycles. The summed E-state index contributed by atoms with van der Waals surface area (Å²) in [6.45, 7) is 6.40. The number of ether oxygens (including phenoxy) is 1. The van der Waals surface area contributed by atoms with Crippen molar-refractivity contribution >= 4 is 6.09 Å². The van der Waals surface area contributed by atoms with Crippen molar-refractivity contribution in [2.45, 2.75) is 12.8 Å². The van der Waals surface area contributed by atoms with Crippen molar-refractivity contribution in [3.05, 3.63) is 19.2 Å². The van der Waals surface area contributed by atoms with Crippen LogP contribution in [0, 0.1) is 6.54 Å². The van der Waals surface area contributed by atoms with E-state index in [9.17, 15) is 4.79 Å². The molecular weight excluding hydrogens is 142 g/mol. The Morgan fingerprint density at radius 3 is 3.18 bits per heavy atom. The van der Waals surface area contributed by atoms with Gasteiger partial charge in [-0.05, 0) is 12.8 Å². The topological polar surface area (TPSA) is 29.5 Å². The summed E-state index contributed by atoms with van der Waals surface area (Å²) in [4.78, 5) is 12.6. The summed E-state index contributed by atoms with van der Waals surface area (Å²) in [5.74, 6) is 0. The summed E-state index contributed by atoms with van der Waals surface area (Å²) in [5, 5.41) is 0. The van der Waals surface area contributed by atoms with Gasteiger partial charge < -0.3 is 9.64 Å². The first kappa shape index (κ1) is 8.11. The van der Waals surface area contributed by atoms with Crippen LogP contribution in [0.1, 0.15) is 12.8 Å². The number of carbonyl (C=O) groups is 1. The number of amides is 1. The highest BCUT2D eigenvalue weighted by Crippen LogP contribution is 2.12. The van der Waals surface area contributed by atoms with E-state index in [-0.39, 0.29) is 6.09 Å². The molecule has 0 atom stereocenters. The molecule has 3 nitrogen and oxygen atoms in total. The van der Waals surface area contributed by atoms with Crippen LogP contribution in [0.4, 0.5) is 4.79 Å². The van der Waals surface area contributed by atoms with Crippen molar-refractivity contribution in [2.75, 3.05) is 13.2 Å². The van der Waals surface area contributed by atoms with E-state index in [2.05, 4.69) is 6.58 Å². The van der Waals surface area contributed by atoms with Gasteiger partial charge in [-0.3, -0.25) is 0 Å². The number of rotatable bonds is 2. The highest BCUT2D eigenvalue weighted by Gasteiger charge is 2.18. The van der Waals surface area contributed by atoms with Crippen molar-refractivity contribution in [1.29, 1.82) is 0 Å². The average molecular weight is 154 g/mol. The zero-order valence-corrected chi connectivity index (χ0v) is 6.45. The van der Waals surface area contributed by atoms with Crippen LogP contribution in [-0.2, 0) is 4.74 Å². The third kappa shape index (κ3) is 2.26. The predicted molar refractivity (Wildman–Crippen MR) is 41.8 cm³/mol. The Kier molecular flexibility index (Phi) is 2.95. The summed E-state index contributed by atoms with van der Waals surface area (Å²) < 4.78 is 4.81. The van der Waals surface area contributed by atoms with Gasteiger partial charge in [-0.2, -0.15) is 0 Å². The van der Waals surface area contributed by atoms with Gasteiger partial charge in [0.05, 0.1) is 6.54 Å². The van der Waals surface area contributed by atoms with E-state index in [0.29, 0.717) is 6.61 Å². The molecule has 61 valence electrons. The lowest BCUT2D eigenvalue weighted by Gasteiger charge is -2.13. The Bertz CT molecular complexity index is 150. The fourth-order valence-corrected chi connectivity index (χ4v) is 0.979. The summed E-state index contributed by atoms with van der Waals surface area (Å²) in [5.41, 5.74) is 0. The molecule has 1 amide bonds. The number of carbonyl (C=O) groups excluding carboxylic acids is 1. The molecule has 0 aromatic rings. The summed E-state index contributed by atoms with van der Waals surface area (Å²) >= 11 is 0. The standard InChI is InChI=1S/C8H12NO2/c1-2-7-11-8(10)9-5-3-4-6-9/h2,5H,1,3-4,6-7H2. The molecule has 0 aliphatic carbocycles. The van der Waals surface area contributed by atoms with Crippen LogP contribution < -0.4 is 0 Å². The molecule has 1 heterocycles. The van der Waals surface area contributed by atoms with Crippen LogP contribution in [0.15, 0.2) is 12.7 Å². The fraction of sp³-hybridized carbons (Fsp3) is 0.500. The lowest BCUT2D eigenvalue weighted by atomic mass is 10.4. The van der Waals surface area contributed by atoms with Crippen LogP contribution >= 0.6 is 0 Å². The number of nitrogens with zero attached hydrogens (tertiary/aromatic N) is 1. The van der Waals surface area contributed by atoms with Crippen molar-refractivity contribution in [3.8, 4) is 0 Å². The molecule has 1 aliphatic heterocycles. The lowest BCUT2D eigenvalue weighted by Crippen LogP contribution is -2.25. The summed E-state index contributed by atoms with van der Waals surface area (Å²) in [7, 11) is 0. The quantitative estimate of drug-likeness (QED) is 0.565. The highest BCUT2D eigenvalue weighted by atomic mass is 16.6. The van der Waals surface area contributed by atoms with Gasteiger partial charge in [0.15, 0.2) is 0 Å². The van der Waals surface area contributed by atoms with Gasteiger partial charge in [-0.25, -0.2) is 4.79 Å². The van der Waals surface area contributed by atoms with Gasteiger partial charge in [-0.1, -0.05) is 12.7 Å². The monoisotopic (exact) mass is 154 g/mol. The van der Waals surface area contributed by atoms with Crippen molar-refractivity contribution in [2.24, 2.45) is 0 Å². The lowest BCUT2D eigenvalue weighted by molar-refractivity contribution is 0.128. The Morgan fingerprint density at radius 1 is 1.82 bits per heavy atom. The van der Waals surface area contributed by atoms with Gasteiger partial charge in [0.2, 0.25) is 0 Å². The van der Waals surface area contributed by atoms with E-state index < -0.39 is 0 Å². The molecule has 3 heteroatoms. The summed E-state index contributed by atoms with van der Waals surface area (Å²) in [6.07, 6.45) is 3.32. The second-order valence-electron chi connectivity index (χ2n) is 2.38. The maximum absolute atomic E-state index is 11.0. The maximum atomic E-state index is 11.0. The van der Waals surface area contributed by atoms with Crippen molar-refractivity contribution in [1.82, 2.24) is 4.90 Å². The molecule has 0 unspecified atom stereocenters. The van der Waals surface area contributed by atoms with Crippen LogP contribution in [0.5, 0.6) is 0 Å². The molecule has 1 radical (unpaired) electrons. The first-order valence-electron chi connectivity index (χ1n) is 3.72. The normalized spacial score (nSPS) is 16.5. The van der Waals surface area contributed by atoms with Gasteiger partial charge in [0, 0.05) is 6.54 Å².